The van der Waals surface area contributed by atoms with Gasteiger partial charge in [-0.2, -0.15) is 0 Å². The lowest BCUT2D eigenvalue weighted by atomic mass is 9.95. The number of hydrogen-bond donors (Lipinski definition) is 2. The number of carbonyl (C=O) groups is 1. The molecule has 1 amide bonds. The van der Waals surface area contributed by atoms with Gasteiger partial charge in [0.1, 0.15) is 28.6 Å². The first kappa shape index (κ1) is 22.8. The molecule has 0 unspecified atom stereocenters. The number of fused-ring (bicyclic) bond motifs is 4. The number of H-pyrrole nitrogens is 1. The number of likely N-dealkylation sites (N-methyl/N-ethyl adjacent to an activating group) is 1. The van der Waals surface area contributed by atoms with Crippen molar-refractivity contribution in [1.82, 2.24) is 9.88 Å². The van der Waals surface area contributed by atoms with Crippen LogP contribution in [-0.2, 0) is 0 Å². The van der Waals surface area contributed by atoms with Gasteiger partial charge in [0.15, 0.2) is 0 Å². The largest absolute Gasteiger partial charge is 0.507 e. The van der Waals surface area contributed by atoms with Crippen LogP contribution in [0.3, 0.4) is 0 Å². The van der Waals surface area contributed by atoms with Crippen molar-refractivity contribution in [1.29, 1.82) is 0 Å². The molecular weight excluding hydrogens is 473 g/mol. The van der Waals surface area contributed by atoms with Crippen LogP contribution < -0.4 is 9.64 Å². The molecule has 4 aromatic rings. The molecule has 0 bridgehead atoms. The van der Waals surface area contributed by atoms with Gasteiger partial charge in [-0.1, -0.05) is 24.3 Å². The van der Waals surface area contributed by atoms with E-state index in [0.717, 1.165) is 34.1 Å². The van der Waals surface area contributed by atoms with Gasteiger partial charge in [0.25, 0.3) is 5.91 Å². The molecule has 0 radical (unpaired) electrons. The highest BCUT2D eigenvalue weighted by Gasteiger charge is 2.38. The number of phenols is 1. The van der Waals surface area contributed by atoms with Gasteiger partial charge in [0.05, 0.1) is 5.69 Å². The number of amides is 1. The van der Waals surface area contributed by atoms with Gasteiger partial charge in [-0.15, -0.1) is 23.2 Å². The maximum absolute atomic E-state index is 13.6. The number of benzene rings is 3. The Labute approximate surface area is 207 Å². The Morgan fingerprint density at radius 1 is 1.18 bits per heavy atom. The predicted octanol–water partition coefficient (Wildman–Crippen LogP) is 5.51. The standard InChI is InChI=1S/C26H25Cl2N3O3/c1-30(2)9-10-34-16-7-8-20-15(11-16)12-21(29-20)26(33)31-14-19(25(27)28)24-18-6-4-3-5-17(18)23(32)13-22(24)31/h3-8,11-13,19,25,29,32H,9-10,14H2,1-2H3/t19-/m1/s1. The minimum atomic E-state index is -0.700. The lowest BCUT2D eigenvalue weighted by molar-refractivity contribution is 0.0984. The van der Waals surface area contributed by atoms with Crippen molar-refractivity contribution in [3.8, 4) is 11.5 Å². The third-order valence-electron chi connectivity index (χ3n) is 6.26. The fourth-order valence-corrected chi connectivity index (χ4v) is 4.98. The average Bonchev–Trinajstić information content (AvgIpc) is 3.40. The summed E-state index contributed by atoms with van der Waals surface area (Å²) < 4.78 is 5.83. The van der Waals surface area contributed by atoms with Gasteiger partial charge in [-0.3, -0.25) is 4.79 Å². The summed E-state index contributed by atoms with van der Waals surface area (Å²) in [5, 5.41) is 13.1. The quantitative estimate of drug-likeness (QED) is 0.344. The third-order valence-corrected chi connectivity index (χ3v) is 6.87. The minimum absolute atomic E-state index is 0.115. The fourth-order valence-electron chi connectivity index (χ4n) is 4.57. The Hall–Kier alpha value is -2.93. The molecule has 3 aromatic carbocycles. The molecule has 0 fully saturated rings. The molecule has 1 atom stereocenters. The number of nitrogens with one attached hydrogen (secondary N) is 1. The number of aromatic amines is 1. The first-order valence-electron chi connectivity index (χ1n) is 11.1. The number of anilines is 1. The van der Waals surface area contributed by atoms with Crippen LogP contribution in [0.4, 0.5) is 5.69 Å². The van der Waals surface area contributed by atoms with Crippen LogP contribution in [0.1, 0.15) is 22.0 Å². The van der Waals surface area contributed by atoms with Gasteiger partial charge >= 0.3 is 0 Å². The highest BCUT2D eigenvalue weighted by Crippen LogP contribution is 2.48. The van der Waals surface area contributed by atoms with E-state index in [-0.39, 0.29) is 17.6 Å². The SMILES string of the molecule is CN(C)CCOc1ccc2[nH]c(C(=O)N3C[C@@H](C(Cl)Cl)c4c3cc(O)c3ccccc43)cc2c1. The van der Waals surface area contributed by atoms with E-state index in [0.29, 0.717) is 29.9 Å². The molecule has 2 heterocycles. The highest BCUT2D eigenvalue weighted by molar-refractivity contribution is 6.45. The zero-order chi connectivity index (χ0) is 24.0. The van der Waals surface area contributed by atoms with E-state index in [1.807, 2.05) is 62.6 Å². The highest BCUT2D eigenvalue weighted by atomic mass is 35.5. The molecule has 5 rings (SSSR count). The van der Waals surface area contributed by atoms with Crippen molar-refractivity contribution in [3.05, 3.63) is 65.9 Å². The Balaban J connectivity index is 1.49. The summed E-state index contributed by atoms with van der Waals surface area (Å²) in [5.41, 5.74) is 2.79. The molecular formula is C26H25Cl2N3O3. The summed E-state index contributed by atoms with van der Waals surface area (Å²) in [7, 11) is 3.99. The molecule has 8 heteroatoms. The van der Waals surface area contributed by atoms with Gasteiger partial charge in [0.2, 0.25) is 0 Å². The van der Waals surface area contributed by atoms with Crippen LogP contribution in [0.2, 0.25) is 0 Å². The zero-order valence-corrected chi connectivity index (χ0v) is 20.4. The van der Waals surface area contributed by atoms with Crippen molar-refractivity contribution in [3.63, 3.8) is 0 Å². The molecule has 2 N–H and O–H groups in total. The lowest BCUT2D eigenvalue weighted by Crippen LogP contribution is -2.31. The molecule has 0 aliphatic carbocycles. The van der Waals surface area contributed by atoms with E-state index in [1.54, 1.807) is 11.0 Å². The molecule has 1 aromatic heterocycles. The predicted molar refractivity (Wildman–Crippen MR) is 138 cm³/mol. The van der Waals surface area contributed by atoms with Crippen LogP contribution in [0.5, 0.6) is 11.5 Å². The van der Waals surface area contributed by atoms with E-state index in [9.17, 15) is 9.90 Å². The Morgan fingerprint density at radius 3 is 2.68 bits per heavy atom. The molecule has 176 valence electrons. The Kier molecular flexibility index (Phi) is 6.06. The van der Waals surface area contributed by atoms with Crippen molar-refractivity contribution in [2.24, 2.45) is 0 Å². The summed E-state index contributed by atoms with van der Waals surface area (Å²) in [4.78, 5) is 19.8. The van der Waals surface area contributed by atoms with Gasteiger partial charge in [0, 0.05) is 41.4 Å². The number of carbonyl (C=O) groups excluding carboxylic acids is 1. The first-order valence-corrected chi connectivity index (χ1v) is 12.0. The maximum Gasteiger partial charge on any atom is 0.274 e. The Morgan fingerprint density at radius 2 is 1.94 bits per heavy atom. The summed E-state index contributed by atoms with van der Waals surface area (Å²) in [5.74, 6) is 0.389. The number of aromatic hydroxyl groups is 1. The Bertz CT molecular complexity index is 1380. The van der Waals surface area contributed by atoms with Crippen molar-refractivity contribution in [2.45, 2.75) is 10.8 Å². The van der Waals surface area contributed by atoms with E-state index >= 15 is 0 Å². The van der Waals surface area contributed by atoms with Gasteiger partial charge in [-0.05, 0) is 49.3 Å². The van der Waals surface area contributed by atoms with Crippen LogP contribution in [-0.4, -0.2) is 59.5 Å². The molecule has 6 nitrogen and oxygen atoms in total. The monoisotopic (exact) mass is 497 g/mol. The number of nitrogens with zero attached hydrogens (tertiary/aromatic N) is 2. The topological polar surface area (TPSA) is 68.8 Å². The van der Waals surface area contributed by atoms with E-state index in [2.05, 4.69) is 9.88 Å². The number of rotatable bonds is 6. The normalized spacial score (nSPS) is 15.6. The van der Waals surface area contributed by atoms with Crippen LogP contribution in [0.15, 0.2) is 54.6 Å². The number of hydrogen-bond acceptors (Lipinski definition) is 4. The fraction of sp³-hybridized carbons (Fsp3) is 0.269. The molecule has 0 saturated carbocycles. The van der Waals surface area contributed by atoms with Crippen molar-refractivity contribution >= 4 is 56.5 Å². The zero-order valence-electron chi connectivity index (χ0n) is 18.9. The number of alkyl halides is 2. The lowest BCUT2D eigenvalue weighted by Gasteiger charge is -2.17. The molecule has 0 spiro atoms. The second-order valence-electron chi connectivity index (χ2n) is 8.81. The average molecular weight is 498 g/mol. The van der Waals surface area contributed by atoms with Crippen LogP contribution >= 0.6 is 23.2 Å². The van der Waals surface area contributed by atoms with Crippen LogP contribution in [0.25, 0.3) is 21.7 Å². The number of aromatic nitrogens is 1. The van der Waals surface area contributed by atoms with Gasteiger partial charge in [-0.25, -0.2) is 0 Å². The maximum atomic E-state index is 13.6. The first-order chi connectivity index (χ1) is 16.3. The molecule has 0 saturated heterocycles. The van der Waals surface area contributed by atoms with Crippen molar-refractivity contribution in [2.75, 3.05) is 38.7 Å². The van der Waals surface area contributed by atoms with E-state index in [4.69, 9.17) is 27.9 Å². The number of halogens is 2. The summed E-state index contributed by atoms with van der Waals surface area (Å²) in [6.07, 6.45) is 0. The van der Waals surface area contributed by atoms with E-state index in [1.165, 1.54) is 0 Å². The van der Waals surface area contributed by atoms with Crippen LogP contribution in [0, 0.1) is 0 Å². The van der Waals surface area contributed by atoms with E-state index < -0.39 is 4.84 Å². The van der Waals surface area contributed by atoms with Gasteiger partial charge < -0.3 is 24.6 Å². The minimum Gasteiger partial charge on any atom is -0.507 e. The number of phenolic OH excluding ortho intramolecular Hbond substituents is 1. The second kappa shape index (κ2) is 9.02. The van der Waals surface area contributed by atoms with Crippen molar-refractivity contribution < 1.29 is 14.6 Å². The summed E-state index contributed by atoms with van der Waals surface area (Å²) in [6.45, 7) is 1.72. The second-order valence-corrected chi connectivity index (χ2v) is 9.98. The third kappa shape index (κ3) is 4.06. The smallest absolute Gasteiger partial charge is 0.274 e. The molecule has 1 aliphatic heterocycles. The number of ether oxygens (including phenoxy) is 1. The summed E-state index contributed by atoms with van der Waals surface area (Å²) in [6, 6.07) is 16.7. The molecule has 34 heavy (non-hydrogen) atoms. The molecule has 1 aliphatic rings. The summed E-state index contributed by atoms with van der Waals surface area (Å²) >= 11 is 12.7.